The molecule has 0 radical (unpaired) electrons. The van der Waals surface area contributed by atoms with Crippen LogP contribution in [0.25, 0.3) is 0 Å². The molecule has 2 nitrogen and oxygen atoms in total. The van der Waals surface area contributed by atoms with E-state index in [1.165, 1.54) is 11.0 Å². The number of carbonyl (C=O) groups is 1. The van der Waals surface area contributed by atoms with Crippen LogP contribution in [0.2, 0.25) is 0 Å². The van der Waals surface area contributed by atoms with Gasteiger partial charge in [-0.3, -0.25) is 4.79 Å². The monoisotopic (exact) mass is 291 g/mol. The number of amides is 1. The highest BCUT2D eigenvalue weighted by Gasteiger charge is 2.30. The molecule has 1 saturated heterocycles. The van der Waals surface area contributed by atoms with E-state index < -0.39 is 5.82 Å². The first-order valence-electron chi connectivity index (χ1n) is 4.47. The molecule has 2 rings (SSSR count). The van der Waals surface area contributed by atoms with Gasteiger partial charge in [0.15, 0.2) is 0 Å². The summed E-state index contributed by atoms with van der Waals surface area (Å²) < 4.78 is 14.2. The van der Waals surface area contributed by atoms with Crippen molar-refractivity contribution in [1.82, 2.24) is 0 Å². The summed E-state index contributed by atoms with van der Waals surface area (Å²) in [4.78, 5) is 12.9. The third-order valence-electron chi connectivity index (χ3n) is 2.28. The van der Waals surface area contributed by atoms with Crippen molar-refractivity contribution >= 4 is 39.1 Å². The number of benzene rings is 1. The molecule has 1 amide bonds. The number of nitrogens with zero attached hydrogens (tertiary/aromatic N) is 1. The molecule has 1 atom stereocenters. The third kappa shape index (κ3) is 2.16. The van der Waals surface area contributed by atoms with Gasteiger partial charge < -0.3 is 4.90 Å². The van der Waals surface area contributed by atoms with E-state index in [-0.39, 0.29) is 17.7 Å². The Labute approximate surface area is 100 Å². The Balaban J connectivity index is 2.34. The van der Waals surface area contributed by atoms with Crippen molar-refractivity contribution in [3.8, 4) is 0 Å². The SMILES string of the molecule is O=C1CC(Cl)CN1c1ccc(Br)cc1F. The maximum Gasteiger partial charge on any atom is 0.228 e. The maximum atomic E-state index is 13.5. The van der Waals surface area contributed by atoms with Crippen LogP contribution in [0, 0.1) is 5.82 Å². The van der Waals surface area contributed by atoms with E-state index in [1.54, 1.807) is 12.1 Å². The summed E-state index contributed by atoms with van der Waals surface area (Å²) in [6.45, 7) is 0.374. The van der Waals surface area contributed by atoms with Crippen LogP contribution >= 0.6 is 27.5 Å². The second-order valence-electron chi connectivity index (χ2n) is 3.40. The Morgan fingerprint density at radius 1 is 1.53 bits per heavy atom. The van der Waals surface area contributed by atoms with Gasteiger partial charge in [0.1, 0.15) is 5.82 Å². The molecule has 0 aliphatic carbocycles. The lowest BCUT2D eigenvalue weighted by molar-refractivity contribution is -0.117. The highest BCUT2D eigenvalue weighted by Crippen LogP contribution is 2.28. The first-order chi connectivity index (χ1) is 7.08. The average molecular weight is 293 g/mol. The zero-order valence-corrected chi connectivity index (χ0v) is 10.1. The Bertz CT molecular complexity index is 412. The standard InChI is InChI=1S/C10H8BrClFNO/c11-6-1-2-9(8(13)3-6)14-5-7(12)4-10(14)15/h1-3,7H,4-5H2. The number of alkyl halides is 1. The molecule has 80 valence electrons. The van der Waals surface area contributed by atoms with Gasteiger partial charge in [0.25, 0.3) is 0 Å². The topological polar surface area (TPSA) is 20.3 Å². The van der Waals surface area contributed by atoms with E-state index >= 15 is 0 Å². The quantitative estimate of drug-likeness (QED) is 0.729. The molecule has 0 N–H and O–H groups in total. The van der Waals surface area contributed by atoms with Gasteiger partial charge in [-0.25, -0.2) is 4.39 Å². The predicted molar refractivity (Wildman–Crippen MR) is 60.7 cm³/mol. The fourth-order valence-electron chi connectivity index (χ4n) is 1.60. The normalized spacial score (nSPS) is 21.1. The van der Waals surface area contributed by atoms with Crippen LogP contribution in [0.1, 0.15) is 6.42 Å². The van der Waals surface area contributed by atoms with Crippen molar-refractivity contribution in [3.05, 3.63) is 28.5 Å². The van der Waals surface area contributed by atoms with Crippen molar-refractivity contribution in [2.75, 3.05) is 11.4 Å². The molecule has 0 saturated carbocycles. The van der Waals surface area contributed by atoms with Crippen molar-refractivity contribution < 1.29 is 9.18 Å². The second-order valence-corrected chi connectivity index (χ2v) is 4.93. The molecular formula is C10H8BrClFNO. The van der Waals surface area contributed by atoms with E-state index in [4.69, 9.17) is 11.6 Å². The van der Waals surface area contributed by atoms with Gasteiger partial charge in [-0.05, 0) is 18.2 Å². The summed E-state index contributed by atoms with van der Waals surface area (Å²) in [5.74, 6) is -0.542. The fraction of sp³-hybridized carbons (Fsp3) is 0.300. The van der Waals surface area contributed by atoms with E-state index in [2.05, 4.69) is 15.9 Å². The number of hydrogen-bond acceptors (Lipinski definition) is 1. The number of halogens is 3. The van der Waals surface area contributed by atoms with E-state index in [9.17, 15) is 9.18 Å². The largest absolute Gasteiger partial charge is 0.308 e. The van der Waals surface area contributed by atoms with Gasteiger partial charge in [0.05, 0.1) is 11.1 Å². The summed E-state index contributed by atoms with van der Waals surface area (Å²) in [5.41, 5.74) is 0.298. The summed E-state index contributed by atoms with van der Waals surface area (Å²) in [7, 11) is 0. The summed E-state index contributed by atoms with van der Waals surface area (Å²) >= 11 is 9.00. The Kier molecular flexibility index (Phi) is 2.98. The zero-order chi connectivity index (χ0) is 11.0. The second kappa shape index (κ2) is 4.10. The predicted octanol–water partition coefficient (Wildman–Crippen LogP) is 2.93. The van der Waals surface area contributed by atoms with Crippen molar-refractivity contribution in [3.63, 3.8) is 0 Å². The molecule has 0 spiro atoms. The molecule has 1 unspecified atom stereocenters. The molecule has 1 heterocycles. The average Bonchev–Trinajstić information content (AvgIpc) is 2.45. The molecule has 1 aliphatic heterocycles. The Hall–Kier alpha value is -0.610. The third-order valence-corrected chi connectivity index (χ3v) is 3.06. The first-order valence-corrected chi connectivity index (χ1v) is 5.70. The van der Waals surface area contributed by atoms with E-state index in [0.717, 1.165) is 0 Å². The van der Waals surface area contributed by atoms with Gasteiger partial charge >= 0.3 is 0 Å². The van der Waals surface area contributed by atoms with Crippen LogP contribution in [0.5, 0.6) is 0 Å². The minimum Gasteiger partial charge on any atom is -0.308 e. The number of hydrogen-bond donors (Lipinski definition) is 0. The fourth-order valence-corrected chi connectivity index (χ4v) is 2.20. The molecule has 15 heavy (non-hydrogen) atoms. The molecule has 5 heteroatoms. The lowest BCUT2D eigenvalue weighted by atomic mass is 10.3. The highest BCUT2D eigenvalue weighted by molar-refractivity contribution is 9.10. The van der Waals surface area contributed by atoms with E-state index in [1.807, 2.05) is 0 Å². The minimum absolute atomic E-state index is 0.128. The highest BCUT2D eigenvalue weighted by atomic mass is 79.9. The summed E-state index contributed by atoms with van der Waals surface area (Å²) in [5, 5.41) is -0.222. The molecule has 1 aromatic rings. The van der Waals surface area contributed by atoms with Crippen LogP contribution < -0.4 is 4.90 Å². The molecule has 1 fully saturated rings. The van der Waals surface area contributed by atoms with Gasteiger partial charge in [-0.1, -0.05) is 15.9 Å². The van der Waals surface area contributed by atoms with Crippen LogP contribution in [0.4, 0.5) is 10.1 Å². The summed E-state index contributed by atoms with van der Waals surface area (Å²) in [6.07, 6.45) is 0.275. The van der Waals surface area contributed by atoms with Crippen LogP contribution in [0.15, 0.2) is 22.7 Å². The van der Waals surface area contributed by atoms with Gasteiger partial charge in [0.2, 0.25) is 5.91 Å². The molecule has 0 aromatic heterocycles. The zero-order valence-electron chi connectivity index (χ0n) is 7.71. The minimum atomic E-state index is -0.413. The molecular weight excluding hydrogens is 284 g/mol. The first kappa shape index (κ1) is 10.9. The number of carbonyl (C=O) groups excluding carboxylic acids is 1. The maximum absolute atomic E-state index is 13.5. The molecule has 1 aromatic carbocycles. The van der Waals surface area contributed by atoms with Crippen molar-refractivity contribution in [2.45, 2.75) is 11.8 Å². The molecule has 1 aliphatic rings. The van der Waals surface area contributed by atoms with Gasteiger partial charge in [-0.2, -0.15) is 0 Å². The summed E-state index contributed by atoms with van der Waals surface area (Å²) in [6, 6.07) is 4.61. The van der Waals surface area contributed by atoms with Crippen LogP contribution in [0.3, 0.4) is 0 Å². The smallest absolute Gasteiger partial charge is 0.228 e. The molecule has 0 bridgehead atoms. The van der Waals surface area contributed by atoms with E-state index in [0.29, 0.717) is 16.7 Å². The lowest BCUT2D eigenvalue weighted by Gasteiger charge is -2.16. The van der Waals surface area contributed by atoms with Gasteiger partial charge in [-0.15, -0.1) is 11.6 Å². The Morgan fingerprint density at radius 3 is 2.80 bits per heavy atom. The van der Waals surface area contributed by atoms with Crippen LogP contribution in [-0.4, -0.2) is 17.8 Å². The lowest BCUT2D eigenvalue weighted by Crippen LogP contribution is -2.25. The van der Waals surface area contributed by atoms with Gasteiger partial charge in [0, 0.05) is 17.4 Å². The number of rotatable bonds is 1. The number of anilines is 1. The van der Waals surface area contributed by atoms with Crippen molar-refractivity contribution in [1.29, 1.82) is 0 Å². The van der Waals surface area contributed by atoms with Crippen LogP contribution in [-0.2, 0) is 4.79 Å². The Morgan fingerprint density at radius 2 is 2.27 bits per heavy atom. The van der Waals surface area contributed by atoms with Crippen molar-refractivity contribution in [2.24, 2.45) is 0 Å².